The predicted octanol–water partition coefficient (Wildman–Crippen LogP) is 4.46. The molecule has 0 atom stereocenters. The van der Waals surface area contributed by atoms with Crippen molar-refractivity contribution in [3.8, 4) is 16.9 Å². The van der Waals surface area contributed by atoms with E-state index in [1.165, 1.54) is 12.8 Å². The number of hydrogen-bond acceptors (Lipinski definition) is 5. The van der Waals surface area contributed by atoms with Gasteiger partial charge in [-0.05, 0) is 54.7 Å². The van der Waals surface area contributed by atoms with Gasteiger partial charge in [0, 0.05) is 43.2 Å². The van der Waals surface area contributed by atoms with E-state index in [1.54, 1.807) is 0 Å². The lowest BCUT2D eigenvalue weighted by Gasteiger charge is -2.14. The topological polar surface area (TPSA) is 67.3 Å². The van der Waals surface area contributed by atoms with Crippen molar-refractivity contribution in [1.29, 1.82) is 0 Å². The van der Waals surface area contributed by atoms with Crippen molar-refractivity contribution in [3.05, 3.63) is 72.1 Å². The van der Waals surface area contributed by atoms with E-state index in [0.717, 1.165) is 47.9 Å². The number of benzene rings is 2. The quantitative estimate of drug-likeness (QED) is 0.587. The maximum atomic E-state index is 12.7. The maximum absolute atomic E-state index is 12.7. The highest BCUT2D eigenvalue weighted by Crippen LogP contribution is 2.22. The lowest BCUT2D eigenvalue weighted by atomic mass is 10.1. The van der Waals surface area contributed by atoms with Crippen LogP contribution in [0.15, 0.2) is 60.9 Å². The monoisotopic (exact) mass is 416 g/mol. The van der Waals surface area contributed by atoms with Crippen LogP contribution < -0.4 is 15.0 Å². The number of carbonyl (C=O) groups is 1. The Bertz CT molecular complexity index is 997. The Kier molecular flexibility index (Phi) is 6.77. The Morgan fingerprint density at radius 2 is 1.77 bits per heavy atom. The van der Waals surface area contributed by atoms with Crippen molar-refractivity contribution in [2.24, 2.45) is 0 Å². The third-order valence-corrected chi connectivity index (χ3v) is 5.33. The summed E-state index contributed by atoms with van der Waals surface area (Å²) in [7, 11) is 0. The fourth-order valence-corrected chi connectivity index (χ4v) is 3.60. The minimum absolute atomic E-state index is 0.109. The van der Waals surface area contributed by atoms with Crippen molar-refractivity contribution in [2.75, 3.05) is 24.6 Å². The molecule has 0 spiro atoms. The smallest absolute Gasteiger partial charge is 0.251 e. The number of aromatic nitrogens is 2. The average Bonchev–Trinajstić information content (AvgIpc) is 3.37. The van der Waals surface area contributed by atoms with Crippen LogP contribution in [0.5, 0.6) is 5.75 Å². The highest BCUT2D eigenvalue weighted by Gasteiger charge is 2.15. The molecule has 1 aliphatic heterocycles. The molecule has 1 fully saturated rings. The Balaban J connectivity index is 1.37. The van der Waals surface area contributed by atoms with Gasteiger partial charge in [-0.15, -0.1) is 0 Å². The van der Waals surface area contributed by atoms with Crippen molar-refractivity contribution in [3.63, 3.8) is 0 Å². The Morgan fingerprint density at radius 1 is 1.03 bits per heavy atom. The van der Waals surface area contributed by atoms with Crippen LogP contribution >= 0.6 is 0 Å². The molecule has 1 aromatic heterocycles. The number of hydrogen-bond donors (Lipinski definition) is 1. The summed E-state index contributed by atoms with van der Waals surface area (Å²) in [5.41, 5.74) is 3.47. The summed E-state index contributed by atoms with van der Waals surface area (Å²) < 4.78 is 5.60. The van der Waals surface area contributed by atoms with Crippen LogP contribution in [0, 0.1) is 0 Å². The first-order valence-corrected chi connectivity index (χ1v) is 10.9. The van der Waals surface area contributed by atoms with Crippen LogP contribution in [0.3, 0.4) is 0 Å². The van der Waals surface area contributed by atoms with Crippen molar-refractivity contribution in [1.82, 2.24) is 15.3 Å². The zero-order chi connectivity index (χ0) is 21.5. The maximum Gasteiger partial charge on any atom is 0.251 e. The normalized spacial score (nSPS) is 13.3. The number of ether oxygens (including phenoxy) is 1. The molecule has 1 amide bonds. The molecular weight excluding hydrogens is 388 g/mol. The highest BCUT2D eigenvalue weighted by molar-refractivity contribution is 5.95. The SMILES string of the molecule is CCCOc1ccc(CNC(=O)c2cccc(-c3cnc(N4CCCC4)nc3)c2)cc1. The van der Waals surface area contributed by atoms with Gasteiger partial charge >= 0.3 is 0 Å². The van der Waals surface area contributed by atoms with E-state index in [4.69, 9.17) is 4.74 Å². The predicted molar refractivity (Wildman–Crippen MR) is 122 cm³/mol. The number of carbonyl (C=O) groups excluding carboxylic acids is 1. The minimum atomic E-state index is -0.109. The molecule has 0 unspecified atom stereocenters. The second-order valence-electron chi connectivity index (χ2n) is 7.72. The first kappa shape index (κ1) is 20.8. The molecule has 4 rings (SSSR count). The van der Waals surface area contributed by atoms with E-state index in [1.807, 2.05) is 60.9 Å². The van der Waals surface area contributed by atoms with E-state index < -0.39 is 0 Å². The molecule has 6 nitrogen and oxygen atoms in total. The summed E-state index contributed by atoms with van der Waals surface area (Å²) in [6.07, 6.45) is 7.03. The second kappa shape index (κ2) is 10.1. The number of amides is 1. The third kappa shape index (κ3) is 5.40. The van der Waals surface area contributed by atoms with Gasteiger partial charge in [0.1, 0.15) is 5.75 Å². The van der Waals surface area contributed by atoms with Gasteiger partial charge in [0.05, 0.1) is 6.61 Å². The Morgan fingerprint density at radius 3 is 2.48 bits per heavy atom. The molecule has 1 aliphatic rings. The van der Waals surface area contributed by atoms with E-state index in [2.05, 4.69) is 27.1 Å². The molecule has 0 radical (unpaired) electrons. The van der Waals surface area contributed by atoms with E-state index in [9.17, 15) is 4.79 Å². The summed E-state index contributed by atoms with van der Waals surface area (Å²) in [4.78, 5) is 23.9. The number of nitrogens with one attached hydrogen (secondary N) is 1. The average molecular weight is 417 g/mol. The summed E-state index contributed by atoms with van der Waals surface area (Å²) in [5, 5.41) is 2.99. The molecule has 1 N–H and O–H groups in total. The second-order valence-corrected chi connectivity index (χ2v) is 7.72. The lowest BCUT2D eigenvalue weighted by molar-refractivity contribution is 0.0951. The van der Waals surface area contributed by atoms with Gasteiger partial charge in [-0.25, -0.2) is 9.97 Å². The Labute approximate surface area is 183 Å². The molecule has 0 saturated carbocycles. The van der Waals surface area contributed by atoms with Gasteiger partial charge in [-0.3, -0.25) is 4.79 Å². The standard InChI is InChI=1S/C25H28N4O2/c1-2-14-31-23-10-8-19(9-11-23)16-26-24(30)21-7-5-6-20(15-21)22-17-27-25(28-18-22)29-12-3-4-13-29/h5-11,15,17-18H,2-4,12-14,16H2,1H3,(H,26,30). The first-order chi connectivity index (χ1) is 15.2. The van der Waals surface area contributed by atoms with Crippen LogP contribution in [-0.2, 0) is 6.54 Å². The molecule has 31 heavy (non-hydrogen) atoms. The summed E-state index contributed by atoms with van der Waals surface area (Å²) >= 11 is 0. The molecule has 3 aromatic rings. The van der Waals surface area contributed by atoms with Gasteiger partial charge in [0.25, 0.3) is 5.91 Å². The zero-order valence-electron chi connectivity index (χ0n) is 17.9. The summed E-state index contributed by atoms with van der Waals surface area (Å²) in [5.74, 6) is 1.52. The van der Waals surface area contributed by atoms with E-state index in [0.29, 0.717) is 18.7 Å². The number of anilines is 1. The van der Waals surface area contributed by atoms with Crippen molar-refractivity contribution in [2.45, 2.75) is 32.7 Å². The molecule has 6 heteroatoms. The molecule has 0 aliphatic carbocycles. The zero-order valence-corrected chi connectivity index (χ0v) is 17.9. The molecule has 2 aromatic carbocycles. The lowest BCUT2D eigenvalue weighted by Crippen LogP contribution is -2.22. The molecular formula is C25H28N4O2. The van der Waals surface area contributed by atoms with Crippen molar-refractivity contribution < 1.29 is 9.53 Å². The third-order valence-electron chi connectivity index (χ3n) is 5.33. The Hall–Kier alpha value is -3.41. The molecule has 2 heterocycles. The van der Waals surface area contributed by atoms with E-state index in [-0.39, 0.29) is 5.91 Å². The number of nitrogens with zero attached hydrogens (tertiary/aromatic N) is 3. The van der Waals surface area contributed by atoms with Gasteiger partial charge in [-0.1, -0.05) is 31.2 Å². The molecule has 160 valence electrons. The van der Waals surface area contributed by atoms with Gasteiger partial charge in [0.2, 0.25) is 5.95 Å². The van der Waals surface area contributed by atoms with Crippen LogP contribution in [0.1, 0.15) is 42.1 Å². The van der Waals surface area contributed by atoms with Gasteiger partial charge < -0.3 is 15.0 Å². The van der Waals surface area contributed by atoms with Crippen LogP contribution in [-0.4, -0.2) is 35.6 Å². The van der Waals surface area contributed by atoms with Crippen LogP contribution in [0.25, 0.3) is 11.1 Å². The first-order valence-electron chi connectivity index (χ1n) is 10.9. The van der Waals surface area contributed by atoms with Crippen molar-refractivity contribution >= 4 is 11.9 Å². The summed E-state index contributed by atoms with van der Waals surface area (Å²) in [6.45, 7) is 5.28. The summed E-state index contributed by atoms with van der Waals surface area (Å²) in [6, 6.07) is 15.4. The fraction of sp³-hybridized carbons (Fsp3) is 0.320. The van der Waals surface area contributed by atoms with Crippen LogP contribution in [0.2, 0.25) is 0 Å². The molecule has 0 bridgehead atoms. The fourth-order valence-electron chi connectivity index (χ4n) is 3.60. The largest absolute Gasteiger partial charge is 0.494 e. The molecule has 1 saturated heterocycles. The minimum Gasteiger partial charge on any atom is -0.494 e. The number of rotatable bonds is 8. The van der Waals surface area contributed by atoms with E-state index >= 15 is 0 Å². The van der Waals surface area contributed by atoms with Gasteiger partial charge in [-0.2, -0.15) is 0 Å². The highest BCUT2D eigenvalue weighted by atomic mass is 16.5. The van der Waals surface area contributed by atoms with Crippen LogP contribution in [0.4, 0.5) is 5.95 Å². The van der Waals surface area contributed by atoms with Gasteiger partial charge in [0.15, 0.2) is 0 Å².